The largest absolute Gasteiger partial charge is 0.473 e. The van der Waals surface area contributed by atoms with Crippen molar-refractivity contribution in [2.45, 2.75) is 51.8 Å². The Balaban J connectivity index is 1.72. The van der Waals surface area contributed by atoms with E-state index in [-0.39, 0.29) is 12.4 Å². The Kier molecular flexibility index (Phi) is 6.32. The van der Waals surface area contributed by atoms with Crippen molar-refractivity contribution in [1.82, 2.24) is 15.1 Å². The van der Waals surface area contributed by atoms with Gasteiger partial charge in [0.15, 0.2) is 0 Å². The van der Waals surface area contributed by atoms with Gasteiger partial charge in [0.05, 0.1) is 5.69 Å². The molecule has 25 heavy (non-hydrogen) atoms. The topological polar surface area (TPSA) is 39.1 Å². The van der Waals surface area contributed by atoms with Gasteiger partial charge in [0, 0.05) is 29.7 Å². The van der Waals surface area contributed by atoms with Crippen LogP contribution in [0.4, 0.5) is 4.39 Å². The Morgan fingerprint density at radius 3 is 2.84 bits per heavy atom. The number of rotatable bonds is 7. The summed E-state index contributed by atoms with van der Waals surface area (Å²) in [6.45, 7) is 1.68. The molecule has 6 heteroatoms. The maximum Gasteiger partial charge on any atom is 0.212 e. The van der Waals surface area contributed by atoms with E-state index in [9.17, 15) is 4.39 Å². The van der Waals surface area contributed by atoms with Crippen molar-refractivity contribution in [1.29, 1.82) is 0 Å². The van der Waals surface area contributed by atoms with Gasteiger partial charge in [-0.15, -0.1) is 0 Å². The molecule has 136 valence electrons. The van der Waals surface area contributed by atoms with Gasteiger partial charge in [-0.05, 0) is 44.0 Å². The SMILES string of the molecule is CNCc1cc(OCc2cc(Cl)ccc2F)n(CC2CCCCC2)n1. The molecular formula is C19H25ClFN3O. The average Bonchev–Trinajstić information content (AvgIpc) is 2.98. The first-order chi connectivity index (χ1) is 12.2. The molecule has 0 amide bonds. The first-order valence-corrected chi connectivity index (χ1v) is 9.31. The molecule has 1 N–H and O–H groups in total. The van der Waals surface area contributed by atoms with Gasteiger partial charge in [-0.2, -0.15) is 5.10 Å². The van der Waals surface area contributed by atoms with Crippen molar-refractivity contribution >= 4 is 11.6 Å². The predicted octanol–water partition coefficient (Wildman–Crippen LogP) is 4.55. The normalized spacial score (nSPS) is 15.5. The third-order valence-corrected chi connectivity index (χ3v) is 4.93. The third-order valence-electron chi connectivity index (χ3n) is 4.69. The lowest BCUT2D eigenvalue weighted by molar-refractivity contribution is 0.242. The van der Waals surface area contributed by atoms with E-state index in [1.165, 1.54) is 38.2 Å². The Morgan fingerprint density at radius 1 is 1.28 bits per heavy atom. The molecule has 1 aromatic heterocycles. The van der Waals surface area contributed by atoms with Crippen LogP contribution < -0.4 is 10.1 Å². The zero-order valence-corrected chi connectivity index (χ0v) is 15.4. The first kappa shape index (κ1) is 18.2. The number of nitrogens with one attached hydrogen (secondary N) is 1. The number of aromatic nitrogens is 2. The summed E-state index contributed by atoms with van der Waals surface area (Å²) in [6.07, 6.45) is 6.39. The summed E-state index contributed by atoms with van der Waals surface area (Å²) in [5.41, 5.74) is 1.38. The average molecular weight is 366 g/mol. The Morgan fingerprint density at radius 2 is 2.08 bits per heavy atom. The van der Waals surface area contributed by atoms with E-state index >= 15 is 0 Å². The van der Waals surface area contributed by atoms with E-state index in [0.717, 1.165) is 12.2 Å². The minimum Gasteiger partial charge on any atom is -0.473 e. The van der Waals surface area contributed by atoms with E-state index in [1.807, 2.05) is 17.8 Å². The summed E-state index contributed by atoms with van der Waals surface area (Å²) >= 11 is 5.96. The van der Waals surface area contributed by atoms with E-state index in [0.29, 0.717) is 28.9 Å². The van der Waals surface area contributed by atoms with Gasteiger partial charge >= 0.3 is 0 Å². The molecule has 1 saturated carbocycles. The maximum atomic E-state index is 13.9. The van der Waals surface area contributed by atoms with Crippen molar-refractivity contribution in [2.75, 3.05) is 7.05 Å². The van der Waals surface area contributed by atoms with Gasteiger partial charge in [-0.25, -0.2) is 9.07 Å². The van der Waals surface area contributed by atoms with Crippen molar-refractivity contribution < 1.29 is 9.13 Å². The maximum absolute atomic E-state index is 13.9. The molecule has 0 spiro atoms. The van der Waals surface area contributed by atoms with Crippen molar-refractivity contribution in [3.05, 3.63) is 46.4 Å². The van der Waals surface area contributed by atoms with E-state index in [1.54, 1.807) is 12.1 Å². The number of hydrogen-bond donors (Lipinski definition) is 1. The fraction of sp³-hybridized carbons (Fsp3) is 0.526. The number of benzene rings is 1. The quantitative estimate of drug-likeness (QED) is 0.782. The molecule has 1 aliphatic rings. The van der Waals surface area contributed by atoms with Crippen LogP contribution in [0.25, 0.3) is 0 Å². The molecule has 1 fully saturated rings. The number of hydrogen-bond acceptors (Lipinski definition) is 3. The summed E-state index contributed by atoms with van der Waals surface area (Å²) in [5.74, 6) is 1.02. The van der Waals surface area contributed by atoms with Crippen LogP contribution in [0, 0.1) is 11.7 Å². The van der Waals surface area contributed by atoms with E-state index in [2.05, 4.69) is 10.4 Å². The monoisotopic (exact) mass is 365 g/mol. The van der Waals surface area contributed by atoms with Gasteiger partial charge in [0.25, 0.3) is 0 Å². The molecule has 1 heterocycles. The highest BCUT2D eigenvalue weighted by Crippen LogP contribution is 2.27. The highest BCUT2D eigenvalue weighted by atomic mass is 35.5. The second-order valence-electron chi connectivity index (χ2n) is 6.71. The molecule has 0 saturated heterocycles. The lowest BCUT2D eigenvalue weighted by Crippen LogP contribution is -2.16. The van der Waals surface area contributed by atoms with Gasteiger partial charge in [0.1, 0.15) is 12.4 Å². The van der Waals surface area contributed by atoms with Crippen LogP contribution in [0.2, 0.25) is 5.02 Å². The summed E-state index contributed by atoms with van der Waals surface area (Å²) in [7, 11) is 1.89. The highest BCUT2D eigenvalue weighted by Gasteiger charge is 2.18. The van der Waals surface area contributed by atoms with Crippen molar-refractivity contribution in [3.63, 3.8) is 0 Å². The smallest absolute Gasteiger partial charge is 0.212 e. The lowest BCUT2D eigenvalue weighted by Gasteiger charge is -2.22. The summed E-state index contributed by atoms with van der Waals surface area (Å²) in [5, 5.41) is 8.27. The lowest BCUT2D eigenvalue weighted by atomic mass is 9.89. The molecule has 0 unspecified atom stereocenters. The molecule has 4 nitrogen and oxygen atoms in total. The molecule has 0 radical (unpaired) electrons. The molecule has 1 aliphatic carbocycles. The van der Waals surface area contributed by atoms with Crippen LogP contribution >= 0.6 is 11.6 Å². The second kappa shape index (κ2) is 8.68. The molecule has 0 aliphatic heterocycles. The second-order valence-corrected chi connectivity index (χ2v) is 7.15. The number of nitrogens with zero attached hydrogens (tertiary/aromatic N) is 2. The van der Waals surface area contributed by atoms with Crippen LogP contribution in [0.1, 0.15) is 43.4 Å². The Bertz CT molecular complexity index is 698. The van der Waals surface area contributed by atoms with Gasteiger partial charge in [0.2, 0.25) is 5.88 Å². The molecule has 1 aromatic carbocycles. The van der Waals surface area contributed by atoms with Crippen molar-refractivity contribution in [2.24, 2.45) is 5.92 Å². The minimum absolute atomic E-state index is 0.141. The fourth-order valence-corrected chi connectivity index (χ4v) is 3.58. The molecule has 0 bridgehead atoms. The zero-order valence-electron chi connectivity index (χ0n) is 14.6. The predicted molar refractivity (Wildman–Crippen MR) is 97.3 cm³/mol. The van der Waals surface area contributed by atoms with Crippen molar-refractivity contribution in [3.8, 4) is 5.88 Å². The molecule has 0 atom stereocenters. The van der Waals surface area contributed by atoms with Crippen LogP contribution in [0.3, 0.4) is 0 Å². The molecule has 3 rings (SSSR count). The van der Waals surface area contributed by atoms with E-state index < -0.39 is 0 Å². The number of halogens is 2. The van der Waals surface area contributed by atoms with Crippen LogP contribution in [0.5, 0.6) is 5.88 Å². The van der Waals surface area contributed by atoms with Crippen LogP contribution in [0.15, 0.2) is 24.3 Å². The van der Waals surface area contributed by atoms with E-state index in [4.69, 9.17) is 16.3 Å². The number of ether oxygens (including phenoxy) is 1. The van der Waals surface area contributed by atoms with Crippen LogP contribution in [-0.4, -0.2) is 16.8 Å². The summed E-state index contributed by atoms with van der Waals surface area (Å²) < 4.78 is 21.7. The van der Waals surface area contributed by atoms with Gasteiger partial charge < -0.3 is 10.1 Å². The zero-order chi connectivity index (χ0) is 17.6. The molecule has 2 aromatic rings. The highest BCUT2D eigenvalue weighted by molar-refractivity contribution is 6.30. The Hall–Kier alpha value is -1.59. The van der Waals surface area contributed by atoms with Gasteiger partial charge in [-0.3, -0.25) is 0 Å². The summed E-state index contributed by atoms with van der Waals surface area (Å²) in [6, 6.07) is 6.44. The van der Waals surface area contributed by atoms with Gasteiger partial charge in [-0.1, -0.05) is 30.9 Å². The minimum atomic E-state index is -0.307. The van der Waals surface area contributed by atoms with Crippen LogP contribution in [-0.2, 0) is 19.7 Å². The standard InChI is InChI=1S/C19H25ClFN3O/c1-22-11-17-10-19(24(23-17)12-14-5-3-2-4-6-14)25-13-15-9-16(20)7-8-18(15)21/h7-10,14,22H,2-6,11-13H2,1H3. The third kappa shape index (κ3) is 4.95. The molecular weight excluding hydrogens is 341 g/mol. The first-order valence-electron chi connectivity index (χ1n) is 8.93. The summed E-state index contributed by atoms with van der Waals surface area (Å²) in [4.78, 5) is 0. The fourth-order valence-electron chi connectivity index (χ4n) is 3.38. The Labute approximate surface area is 153 Å².